The average Bonchev–Trinajstić information content (AvgIpc) is 2.33. The van der Waals surface area contributed by atoms with Crippen LogP contribution in [0.5, 0.6) is 0 Å². The van der Waals surface area contributed by atoms with Gasteiger partial charge in [0.15, 0.2) is 0 Å². The first-order valence-electron chi connectivity index (χ1n) is 7.13. The van der Waals surface area contributed by atoms with E-state index in [1.807, 2.05) is 20.8 Å². The minimum Gasteiger partial charge on any atom is -0.349 e. The predicted molar refractivity (Wildman–Crippen MR) is 80.0 cm³/mol. The Balaban J connectivity index is 3.11. The molecular formula is C16H23F3N2O. The highest BCUT2D eigenvalue weighted by Crippen LogP contribution is 2.36. The standard InChI is InChI=1S/C16H23F3N2O/c1-10(20)8-13(22)21-14(15(2,3)4)11-6-5-7-12(9-11)16(17,18)19/h5-7,9-10,14H,8,20H2,1-4H3,(H,21,22). The smallest absolute Gasteiger partial charge is 0.349 e. The van der Waals surface area contributed by atoms with Crippen LogP contribution in [-0.2, 0) is 11.0 Å². The molecule has 1 amide bonds. The van der Waals surface area contributed by atoms with Gasteiger partial charge in [-0.2, -0.15) is 13.2 Å². The highest BCUT2D eigenvalue weighted by atomic mass is 19.4. The maximum absolute atomic E-state index is 12.9. The fourth-order valence-electron chi connectivity index (χ4n) is 2.21. The van der Waals surface area contributed by atoms with Gasteiger partial charge in [-0.05, 0) is 30.0 Å². The fourth-order valence-corrected chi connectivity index (χ4v) is 2.21. The lowest BCUT2D eigenvalue weighted by Crippen LogP contribution is -2.38. The van der Waals surface area contributed by atoms with Crippen LogP contribution in [0.1, 0.15) is 51.3 Å². The van der Waals surface area contributed by atoms with Gasteiger partial charge in [0.1, 0.15) is 0 Å². The molecule has 0 aliphatic rings. The third-order valence-electron chi connectivity index (χ3n) is 3.23. The highest BCUT2D eigenvalue weighted by Gasteiger charge is 2.33. The van der Waals surface area contributed by atoms with Crippen LogP contribution < -0.4 is 11.1 Å². The summed E-state index contributed by atoms with van der Waals surface area (Å²) in [4.78, 5) is 12.0. The van der Waals surface area contributed by atoms with Crippen molar-refractivity contribution in [3.8, 4) is 0 Å². The number of halogens is 3. The Morgan fingerprint density at radius 3 is 2.32 bits per heavy atom. The van der Waals surface area contributed by atoms with E-state index >= 15 is 0 Å². The Bertz CT molecular complexity index is 519. The molecule has 0 fully saturated rings. The zero-order valence-electron chi connectivity index (χ0n) is 13.3. The van der Waals surface area contributed by atoms with Crippen molar-refractivity contribution >= 4 is 5.91 Å². The molecule has 124 valence electrons. The number of nitrogens with two attached hydrogens (primary N) is 1. The molecule has 0 bridgehead atoms. The van der Waals surface area contributed by atoms with Crippen LogP contribution in [0.2, 0.25) is 0 Å². The first-order chi connectivity index (χ1) is 9.91. The second-order valence-electron chi connectivity index (χ2n) is 6.67. The molecule has 1 aromatic rings. The summed E-state index contributed by atoms with van der Waals surface area (Å²) in [6.45, 7) is 7.30. The first-order valence-corrected chi connectivity index (χ1v) is 7.13. The van der Waals surface area contributed by atoms with Gasteiger partial charge in [0, 0.05) is 12.5 Å². The number of carbonyl (C=O) groups is 1. The maximum atomic E-state index is 12.9. The Kier molecular flexibility index (Phi) is 5.62. The Morgan fingerprint density at radius 1 is 1.27 bits per heavy atom. The van der Waals surface area contributed by atoms with Gasteiger partial charge in [-0.1, -0.05) is 32.9 Å². The van der Waals surface area contributed by atoms with Crippen molar-refractivity contribution in [2.24, 2.45) is 11.1 Å². The van der Waals surface area contributed by atoms with E-state index in [0.29, 0.717) is 5.56 Å². The monoisotopic (exact) mass is 316 g/mol. The van der Waals surface area contributed by atoms with Crippen LogP contribution in [0.15, 0.2) is 24.3 Å². The van der Waals surface area contributed by atoms with E-state index in [0.717, 1.165) is 12.1 Å². The lowest BCUT2D eigenvalue weighted by molar-refractivity contribution is -0.137. The molecule has 1 aromatic carbocycles. The summed E-state index contributed by atoms with van der Waals surface area (Å²) in [6, 6.07) is 4.23. The molecule has 3 nitrogen and oxygen atoms in total. The van der Waals surface area contributed by atoms with Gasteiger partial charge in [-0.15, -0.1) is 0 Å². The summed E-state index contributed by atoms with van der Waals surface area (Å²) in [5, 5.41) is 2.80. The Hall–Kier alpha value is -1.56. The van der Waals surface area contributed by atoms with E-state index in [-0.39, 0.29) is 18.4 Å². The van der Waals surface area contributed by atoms with Gasteiger partial charge in [0.05, 0.1) is 11.6 Å². The predicted octanol–water partition coefficient (Wildman–Crippen LogP) is 3.65. The minimum absolute atomic E-state index is 0.130. The number of hydrogen-bond acceptors (Lipinski definition) is 2. The molecule has 0 aliphatic carbocycles. The summed E-state index contributed by atoms with van der Waals surface area (Å²) >= 11 is 0. The van der Waals surface area contributed by atoms with Gasteiger partial charge < -0.3 is 11.1 Å². The van der Waals surface area contributed by atoms with E-state index in [4.69, 9.17) is 5.73 Å². The molecule has 22 heavy (non-hydrogen) atoms. The third-order valence-corrected chi connectivity index (χ3v) is 3.23. The van der Waals surface area contributed by atoms with Crippen LogP contribution >= 0.6 is 0 Å². The Morgan fingerprint density at radius 2 is 1.86 bits per heavy atom. The van der Waals surface area contributed by atoms with Crippen molar-refractivity contribution in [3.63, 3.8) is 0 Å². The molecule has 2 atom stereocenters. The fraction of sp³-hybridized carbons (Fsp3) is 0.562. The van der Waals surface area contributed by atoms with Crippen molar-refractivity contribution < 1.29 is 18.0 Å². The third kappa shape index (κ3) is 5.33. The lowest BCUT2D eigenvalue weighted by Gasteiger charge is -2.32. The molecule has 0 saturated carbocycles. The molecule has 0 saturated heterocycles. The van der Waals surface area contributed by atoms with Crippen molar-refractivity contribution in [2.45, 2.75) is 52.4 Å². The zero-order chi connectivity index (χ0) is 17.1. The molecule has 0 aromatic heterocycles. The van der Waals surface area contributed by atoms with E-state index < -0.39 is 23.2 Å². The molecule has 0 heterocycles. The normalized spacial score (nSPS) is 15.3. The van der Waals surface area contributed by atoms with E-state index in [2.05, 4.69) is 5.32 Å². The summed E-state index contributed by atoms with van der Waals surface area (Å²) in [6.07, 6.45) is -4.28. The number of amides is 1. The van der Waals surface area contributed by atoms with Crippen molar-refractivity contribution in [1.82, 2.24) is 5.32 Å². The van der Waals surface area contributed by atoms with E-state index in [1.165, 1.54) is 6.07 Å². The number of hydrogen-bond donors (Lipinski definition) is 2. The number of nitrogens with one attached hydrogen (secondary N) is 1. The SMILES string of the molecule is CC(N)CC(=O)NC(c1cccc(C(F)(F)F)c1)C(C)(C)C. The van der Waals surface area contributed by atoms with Crippen LogP contribution in [0.3, 0.4) is 0 Å². The summed E-state index contributed by atoms with van der Waals surface area (Å²) in [5.74, 6) is -0.271. The van der Waals surface area contributed by atoms with Crippen LogP contribution in [0.25, 0.3) is 0 Å². The molecule has 6 heteroatoms. The number of carbonyl (C=O) groups excluding carboxylic acids is 1. The molecular weight excluding hydrogens is 293 g/mol. The van der Waals surface area contributed by atoms with Gasteiger partial charge in [-0.3, -0.25) is 4.79 Å². The molecule has 1 rings (SSSR count). The molecule has 2 unspecified atom stereocenters. The number of alkyl halides is 3. The highest BCUT2D eigenvalue weighted by molar-refractivity contribution is 5.77. The van der Waals surface area contributed by atoms with E-state index in [9.17, 15) is 18.0 Å². The summed E-state index contributed by atoms with van der Waals surface area (Å²) in [7, 11) is 0. The largest absolute Gasteiger partial charge is 0.416 e. The van der Waals surface area contributed by atoms with Gasteiger partial charge in [0.2, 0.25) is 5.91 Å². The quantitative estimate of drug-likeness (QED) is 0.891. The Labute approximate surface area is 129 Å². The molecule has 0 aliphatic heterocycles. The van der Waals surface area contributed by atoms with Crippen LogP contribution in [0.4, 0.5) is 13.2 Å². The molecule has 0 spiro atoms. The summed E-state index contributed by atoms with van der Waals surface area (Å²) in [5.41, 5.74) is 4.86. The van der Waals surface area contributed by atoms with Crippen LogP contribution in [-0.4, -0.2) is 11.9 Å². The molecule has 0 radical (unpaired) electrons. The number of benzene rings is 1. The zero-order valence-corrected chi connectivity index (χ0v) is 13.3. The van der Waals surface area contributed by atoms with Gasteiger partial charge >= 0.3 is 6.18 Å². The van der Waals surface area contributed by atoms with Crippen molar-refractivity contribution in [1.29, 1.82) is 0 Å². The molecule has 3 N–H and O–H groups in total. The number of rotatable bonds is 4. The average molecular weight is 316 g/mol. The lowest BCUT2D eigenvalue weighted by atomic mass is 9.81. The first kappa shape index (κ1) is 18.5. The topological polar surface area (TPSA) is 55.1 Å². The van der Waals surface area contributed by atoms with Crippen molar-refractivity contribution in [3.05, 3.63) is 35.4 Å². The second-order valence-corrected chi connectivity index (χ2v) is 6.67. The maximum Gasteiger partial charge on any atom is 0.416 e. The van der Waals surface area contributed by atoms with Crippen molar-refractivity contribution in [2.75, 3.05) is 0 Å². The van der Waals surface area contributed by atoms with Gasteiger partial charge in [-0.25, -0.2) is 0 Å². The summed E-state index contributed by atoms with van der Waals surface area (Å²) < 4.78 is 38.6. The minimum atomic E-state index is -4.41. The van der Waals surface area contributed by atoms with Gasteiger partial charge in [0.25, 0.3) is 0 Å². The van der Waals surface area contributed by atoms with E-state index in [1.54, 1.807) is 13.0 Å². The second kappa shape index (κ2) is 6.69. The van der Waals surface area contributed by atoms with Crippen LogP contribution in [0, 0.1) is 5.41 Å².